The maximum absolute atomic E-state index is 12.2. The maximum atomic E-state index is 12.2. The molecule has 14 heteroatoms. The second kappa shape index (κ2) is 42.5. The number of para-hydroxylation sites is 2. The van der Waals surface area contributed by atoms with Gasteiger partial charge in [0.1, 0.15) is 24.7 Å². The lowest BCUT2D eigenvalue weighted by atomic mass is 9.82. The van der Waals surface area contributed by atoms with E-state index in [4.69, 9.17) is 47.4 Å². The van der Waals surface area contributed by atoms with E-state index in [2.05, 4.69) is 27.0 Å². The van der Waals surface area contributed by atoms with E-state index in [0.29, 0.717) is 74.8 Å². The van der Waals surface area contributed by atoms with E-state index in [9.17, 15) is 19.2 Å². The van der Waals surface area contributed by atoms with Crippen molar-refractivity contribution in [1.82, 2.24) is 0 Å². The number of methoxy groups -OCH3 is 1. The van der Waals surface area contributed by atoms with Crippen molar-refractivity contribution >= 4 is 23.9 Å². The van der Waals surface area contributed by atoms with Gasteiger partial charge in [-0.1, -0.05) is 76.2 Å². The molecular formula is C60H94O14. The van der Waals surface area contributed by atoms with Gasteiger partial charge in [-0.2, -0.15) is 0 Å². The highest BCUT2D eigenvalue weighted by Gasteiger charge is 2.48. The van der Waals surface area contributed by atoms with E-state index in [1.165, 1.54) is 30.1 Å². The molecule has 0 heterocycles. The summed E-state index contributed by atoms with van der Waals surface area (Å²) < 4.78 is 54.2. The highest BCUT2D eigenvalue weighted by atomic mass is 16.6. The van der Waals surface area contributed by atoms with Crippen LogP contribution in [0.25, 0.3) is 0 Å². The standard InChI is InChI=1S/C24H36O7.C23H34O7.C10H16.C3H8/c1-4-27-15-10-11-16-28-18-22(19-30-21-12-6-5-7-13-21)31-23(25)14-8-9-17-29-24(26)20(2)3;1-19(2)23(25)28-16-8-7-13-22(24)30-21(17-27-15-10-9-14-26-3)18-29-20-11-5-4-6-12-20;1-2-9-7-4-5-8(6-7)10(9)3-1;1-3-2/h5-7,12-13,22H,2,4,8-11,14-19H2,1,3H3;4-6,11-12,21H,1,7-10,13-18H2,2-3H3;7-10H,1-6H2;3H2,1-2H3. The Balaban J connectivity index is 0.000000405. The smallest absolute Gasteiger partial charge is 0.333 e. The van der Waals surface area contributed by atoms with Crippen molar-refractivity contribution in [2.45, 2.75) is 156 Å². The zero-order valence-corrected chi connectivity index (χ0v) is 46.2. The zero-order valence-electron chi connectivity index (χ0n) is 46.2. The van der Waals surface area contributed by atoms with E-state index < -0.39 is 24.1 Å². The van der Waals surface area contributed by atoms with Crippen LogP contribution in [0.5, 0.6) is 11.5 Å². The van der Waals surface area contributed by atoms with Gasteiger partial charge in [0.25, 0.3) is 0 Å². The van der Waals surface area contributed by atoms with Crippen LogP contribution < -0.4 is 9.47 Å². The van der Waals surface area contributed by atoms with E-state index in [-0.39, 0.29) is 64.4 Å². The Bertz CT molecular complexity index is 1770. The largest absolute Gasteiger partial charge is 0.490 e. The van der Waals surface area contributed by atoms with Gasteiger partial charge in [0.2, 0.25) is 0 Å². The fourth-order valence-electron chi connectivity index (χ4n) is 8.90. The van der Waals surface area contributed by atoms with Crippen LogP contribution in [0.3, 0.4) is 0 Å². The average molecular weight is 1040 g/mol. The van der Waals surface area contributed by atoms with Gasteiger partial charge in [-0.25, -0.2) is 9.59 Å². The van der Waals surface area contributed by atoms with Crippen molar-refractivity contribution in [1.29, 1.82) is 0 Å². The SMILES string of the molecule is C1CC2C3CCC(C3)C2C1.C=C(C)C(=O)OCCCCC(=O)OC(COCCCCOC)COc1ccccc1.C=C(C)C(=O)OCCCCC(=O)OC(COCCCCOCC)COc1ccccc1.CCC. The second-order valence-corrected chi connectivity index (χ2v) is 19.3. The number of benzene rings is 2. The molecule has 3 fully saturated rings. The first-order valence-corrected chi connectivity index (χ1v) is 27.5. The molecule has 0 aliphatic heterocycles. The van der Waals surface area contributed by atoms with Gasteiger partial charge in [0.15, 0.2) is 12.2 Å². The monoisotopic (exact) mass is 1040 g/mol. The molecular weight excluding hydrogens is 945 g/mol. The summed E-state index contributed by atoms with van der Waals surface area (Å²) in [6.45, 7) is 21.2. The number of carbonyl (C=O) groups excluding carboxylic acids is 4. The highest BCUT2D eigenvalue weighted by Crippen LogP contribution is 2.58. The average Bonchev–Trinajstić information content (AvgIpc) is 4.17. The lowest BCUT2D eigenvalue weighted by Gasteiger charge is -2.23. The third-order valence-electron chi connectivity index (χ3n) is 12.5. The summed E-state index contributed by atoms with van der Waals surface area (Å²) >= 11 is 0. The Morgan fingerprint density at radius 3 is 1.31 bits per heavy atom. The van der Waals surface area contributed by atoms with Crippen LogP contribution in [-0.4, -0.2) is 116 Å². The fourth-order valence-corrected chi connectivity index (χ4v) is 8.90. The van der Waals surface area contributed by atoms with Crippen LogP contribution >= 0.6 is 0 Å². The number of hydrogen-bond donors (Lipinski definition) is 0. The maximum Gasteiger partial charge on any atom is 0.333 e. The van der Waals surface area contributed by atoms with Gasteiger partial charge in [0, 0.05) is 64.1 Å². The molecule has 418 valence electrons. The third kappa shape index (κ3) is 31.2. The quantitative estimate of drug-likeness (QED) is 0.0277. The number of ether oxygens (including phenoxy) is 10. The molecule has 6 atom stereocenters. The Labute approximate surface area is 444 Å². The van der Waals surface area contributed by atoms with E-state index >= 15 is 0 Å². The van der Waals surface area contributed by atoms with Crippen LogP contribution in [-0.2, 0) is 57.1 Å². The molecule has 6 unspecified atom stereocenters. The van der Waals surface area contributed by atoms with E-state index in [1.54, 1.807) is 59.5 Å². The summed E-state index contributed by atoms with van der Waals surface area (Å²) in [5, 5.41) is 0. The number of hydrogen-bond acceptors (Lipinski definition) is 14. The first kappa shape index (κ1) is 65.4. The Kier molecular flexibility index (Phi) is 37.5. The molecule has 3 aliphatic carbocycles. The fraction of sp³-hybridized carbons (Fsp3) is 0.667. The van der Waals surface area contributed by atoms with Crippen LogP contribution in [0.2, 0.25) is 0 Å². The molecule has 0 N–H and O–H groups in total. The molecule has 3 aliphatic rings. The van der Waals surface area contributed by atoms with Gasteiger partial charge in [-0.15, -0.1) is 0 Å². The summed E-state index contributed by atoms with van der Waals surface area (Å²) in [5.74, 6) is 4.72. The lowest BCUT2D eigenvalue weighted by Crippen LogP contribution is -2.30. The molecule has 0 aromatic heterocycles. The predicted octanol–water partition coefficient (Wildman–Crippen LogP) is 12.1. The van der Waals surface area contributed by atoms with E-state index in [0.717, 1.165) is 32.3 Å². The molecule has 2 aromatic carbocycles. The Morgan fingerprint density at radius 2 is 0.919 bits per heavy atom. The zero-order chi connectivity index (χ0) is 54.0. The summed E-state index contributed by atoms with van der Waals surface area (Å²) in [6, 6.07) is 18.7. The molecule has 0 radical (unpaired) electrons. The number of rotatable bonds is 35. The van der Waals surface area contributed by atoms with Crippen molar-refractivity contribution < 1.29 is 66.5 Å². The van der Waals surface area contributed by atoms with Crippen LogP contribution in [0.4, 0.5) is 0 Å². The van der Waals surface area contributed by atoms with Crippen LogP contribution in [0.1, 0.15) is 144 Å². The molecule has 14 nitrogen and oxygen atoms in total. The summed E-state index contributed by atoms with van der Waals surface area (Å²) in [4.78, 5) is 47.0. The molecule has 5 rings (SSSR count). The molecule has 0 amide bonds. The molecule has 74 heavy (non-hydrogen) atoms. The number of unbranched alkanes of at least 4 members (excludes halogenated alkanes) is 4. The molecule has 0 spiro atoms. The van der Waals surface area contributed by atoms with Crippen molar-refractivity contribution in [2.75, 3.05) is 79.8 Å². The van der Waals surface area contributed by atoms with Gasteiger partial charge >= 0.3 is 23.9 Å². The van der Waals surface area contributed by atoms with Crippen molar-refractivity contribution in [2.24, 2.45) is 23.7 Å². The number of carbonyl (C=O) groups is 4. The van der Waals surface area contributed by atoms with E-state index in [1.807, 2.05) is 67.6 Å². The molecule has 2 aromatic rings. The lowest BCUT2D eigenvalue weighted by molar-refractivity contribution is -0.155. The van der Waals surface area contributed by atoms with Crippen molar-refractivity contribution in [3.05, 3.63) is 85.0 Å². The summed E-state index contributed by atoms with van der Waals surface area (Å²) in [6.07, 6.45) is 16.1. The predicted molar refractivity (Wildman–Crippen MR) is 289 cm³/mol. The first-order valence-electron chi connectivity index (χ1n) is 27.5. The van der Waals surface area contributed by atoms with Crippen LogP contribution in [0, 0.1) is 23.7 Å². The topological polar surface area (TPSA) is 161 Å². The summed E-state index contributed by atoms with van der Waals surface area (Å²) in [5.41, 5.74) is 0.719. The normalized spacial score (nSPS) is 17.5. The number of fused-ring (bicyclic) bond motifs is 5. The molecule has 0 saturated heterocycles. The second-order valence-electron chi connectivity index (χ2n) is 19.3. The molecule has 2 bridgehead atoms. The minimum absolute atomic E-state index is 0.212. The Morgan fingerprint density at radius 1 is 0.527 bits per heavy atom. The first-order chi connectivity index (χ1) is 35.9. The minimum atomic E-state index is -0.499. The van der Waals surface area contributed by atoms with Gasteiger partial charge < -0.3 is 47.4 Å². The highest BCUT2D eigenvalue weighted by molar-refractivity contribution is 5.87. The van der Waals surface area contributed by atoms with Gasteiger partial charge in [0.05, 0.1) is 26.4 Å². The van der Waals surface area contributed by atoms with Gasteiger partial charge in [-0.05, 0) is 152 Å². The van der Waals surface area contributed by atoms with Crippen molar-refractivity contribution in [3.63, 3.8) is 0 Å². The van der Waals surface area contributed by atoms with Crippen molar-refractivity contribution in [3.8, 4) is 11.5 Å². The van der Waals surface area contributed by atoms with Gasteiger partial charge in [-0.3, -0.25) is 9.59 Å². The minimum Gasteiger partial charge on any atom is -0.490 e. The Hall–Kier alpha value is -4.76. The summed E-state index contributed by atoms with van der Waals surface area (Å²) in [7, 11) is 1.67. The number of esters is 4. The third-order valence-corrected chi connectivity index (χ3v) is 12.5. The van der Waals surface area contributed by atoms with Crippen LogP contribution in [0.15, 0.2) is 85.0 Å². The molecule has 3 saturated carbocycles.